The third-order valence-electron chi connectivity index (χ3n) is 1.98. The number of nitrogens with two attached hydrogens (primary N) is 1. The van der Waals surface area contributed by atoms with Gasteiger partial charge in [0.25, 0.3) is 0 Å². The Morgan fingerprint density at radius 3 is 2.93 bits per heavy atom. The highest BCUT2D eigenvalue weighted by Gasteiger charge is 1.95. The van der Waals surface area contributed by atoms with Crippen molar-refractivity contribution >= 4 is 22.8 Å². The molecule has 0 bridgehead atoms. The van der Waals surface area contributed by atoms with E-state index in [2.05, 4.69) is 20.7 Å². The third kappa shape index (κ3) is 2.92. The molecule has 78 valence electrons. The van der Waals surface area contributed by atoms with Crippen LogP contribution in [0.5, 0.6) is 0 Å². The van der Waals surface area contributed by atoms with Crippen molar-refractivity contribution < 1.29 is 0 Å². The van der Waals surface area contributed by atoms with Gasteiger partial charge in [0, 0.05) is 18.3 Å². The van der Waals surface area contributed by atoms with E-state index in [1.807, 2.05) is 11.6 Å². The minimum atomic E-state index is 0.542. The molecule has 0 atom stereocenters. The number of hydrogen-bond donors (Lipinski definition) is 2. The second kappa shape index (κ2) is 4.75. The zero-order valence-corrected chi connectivity index (χ0v) is 9.00. The van der Waals surface area contributed by atoms with Gasteiger partial charge in [-0.15, -0.1) is 11.3 Å². The highest BCUT2D eigenvalue weighted by molar-refractivity contribution is 7.07. The van der Waals surface area contributed by atoms with Gasteiger partial charge in [0.15, 0.2) is 0 Å². The molecular formula is C10H12N4S. The van der Waals surface area contributed by atoms with Crippen molar-refractivity contribution in [1.29, 1.82) is 0 Å². The van der Waals surface area contributed by atoms with Gasteiger partial charge in [0.1, 0.15) is 5.82 Å². The average Bonchev–Trinajstić information content (AvgIpc) is 2.74. The Labute approximate surface area is 92.2 Å². The number of thiazole rings is 1. The molecule has 15 heavy (non-hydrogen) atoms. The lowest BCUT2D eigenvalue weighted by atomic mass is 10.3. The summed E-state index contributed by atoms with van der Waals surface area (Å²) in [7, 11) is 0. The molecule has 0 radical (unpaired) electrons. The number of pyridine rings is 1. The largest absolute Gasteiger partial charge is 0.384 e. The van der Waals surface area contributed by atoms with Crippen molar-refractivity contribution in [1.82, 2.24) is 9.97 Å². The van der Waals surface area contributed by atoms with Gasteiger partial charge in [-0.2, -0.15) is 0 Å². The Morgan fingerprint density at radius 2 is 2.27 bits per heavy atom. The maximum Gasteiger partial charge on any atom is 0.123 e. The van der Waals surface area contributed by atoms with Gasteiger partial charge in [-0.25, -0.2) is 9.97 Å². The van der Waals surface area contributed by atoms with E-state index in [1.54, 1.807) is 23.6 Å². The van der Waals surface area contributed by atoms with Crippen LogP contribution in [0.4, 0.5) is 11.5 Å². The minimum Gasteiger partial charge on any atom is -0.384 e. The Hall–Kier alpha value is -1.62. The van der Waals surface area contributed by atoms with Crippen LogP contribution in [-0.4, -0.2) is 16.5 Å². The zero-order valence-electron chi connectivity index (χ0n) is 8.18. The predicted molar refractivity (Wildman–Crippen MR) is 63.0 cm³/mol. The fourth-order valence-electron chi connectivity index (χ4n) is 1.21. The first-order valence-electron chi connectivity index (χ1n) is 4.67. The average molecular weight is 220 g/mol. The Bertz CT molecular complexity index is 396. The van der Waals surface area contributed by atoms with Crippen LogP contribution in [-0.2, 0) is 6.42 Å². The fraction of sp³-hybridized carbons (Fsp3) is 0.200. The van der Waals surface area contributed by atoms with E-state index in [-0.39, 0.29) is 0 Å². The quantitative estimate of drug-likeness (QED) is 0.824. The highest BCUT2D eigenvalue weighted by Crippen LogP contribution is 2.07. The molecule has 2 rings (SSSR count). The van der Waals surface area contributed by atoms with Crippen LogP contribution in [0.25, 0.3) is 0 Å². The summed E-state index contributed by atoms with van der Waals surface area (Å²) in [6.45, 7) is 0.856. The topological polar surface area (TPSA) is 63.8 Å². The molecule has 0 spiro atoms. The molecule has 2 aromatic heterocycles. The van der Waals surface area contributed by atoms with Crippen molar-refractivity contribution in [2.45, 2.75) is 6.42 Å². The molecule has 3 N–H and O–H groups in total. The molecule has 0 aliphatic rings. The number of aromatic nitrogens is 2. The molecule has 2 heterocycles. The van der Waals surface area contributed by atoms with Crippen LogP contribution >= 0.6 is 11.3 Å². The molecule has 5 heteroatoms. The van der Waals surface area contributed by atoms with Crippen molar-refractivity contribution in [2.24, 2.45) is 0 Å². The van der Waals surface area contributed by atoms with Crippen LogP contribution in [0.3, 0.4) is 0 Å². The van der Waals surface area contributed by atoms with Gasteiger partial charge in [0.05, 0.1) is 23.1 Å². The lowest BCUT2D eigenvalue weighted by molar-refractivity contribution is 0.975. The SMILES string of the molecule is Nc1ccc(NCCc2cscn2)cn1. The first-order chi connectivity index (χ1) is 7.34. The van der Waals surface area contributed by atoms with Gasteiger partial charge in [0.2, 0.25) is 0 Å². The summed E-state index contributed by atoms with van der Waals surface area (Å²) in [5.74, 6) is 0.542. The molecule has 4 nitrogen and oxygen atoms in total. The van der Waals surface area contributed by atoms with Gasteiger partial charge >= 0.3 is 0 Å². The zero-order chi connectivity index (χ0) is 10.5. The molecule has 0 saturated carbocycles. The number of nitrogens with zero attached hydrogens (tertiary/aromatic N) is 2. The van der Waals surface area contributed by atoms with Crippen LogP contribution in [0, 0.1) is 0 Å². The number of nitrogen functional groups attached to an aromatic ring is 1. The summed E-state index contributed by atoms with van der Waals surface area (Å²) in [5.41, 5.74) is 9.44. The number of anilines is 2. The Kier molecular flexibility index (Phi) is 3.14. The first kappa shape index (κ1) is 9.92. The van der Waals surface area contributed by atoms with Gasteiger partial charge in [-0.3, -0.25) is 0 Å². The van der Waals surface area contributed by atoms with E-state index < -0.39 is 0 Å². The summed E-state index contributed by atoms with van der Waals surface area (Å²) in [4.78, 5) is 8.20. The smallest absolute Gasteiger partial charge is 0.123 e. The Morgan fingerprint density at radius 1 is 1.33 bits per heavy atom. The molecular weight excluding hydrogens is 208 g/mol. The summed E-state index contributed by atoms with van der Waals surface area (Å²) < 4.78 is 0. The lowest BCUT2D eigenvalue weighted by Gasteiger charge is -2.04. The minimum absolute atomic E-state index is 0.542. The normalized spacial score (nSPS) is 10.1. The number of nitrogens with one attached hydrogen (secondary N) is 1. The maximum absolute atomic E-state index is 5.48. The summed E-state index contributed by atoms with van der Waals surface area (Å²) in [5, 5.41) is 5.32. The van der Waals surface area contributed by atoms with Crippen molar-refractivity contribution in [2.75, 3.05) is 17.6 Å². The Balaban J connectivity index is 1.81. The monoisotopic (exact) mass is 220 g/mol. The molecule has 0 unspecified atom stereocenters. The van der Waals surface area contributed by atoms with Crippen LogP contribution in [0.1, 0.15) is 5.69 Å². The summed E-state index contributed by atoms with van der Waals surface area (Å²) in [6, 6.07) is 3.70. The van der Waals surface area contributed by atoms with Gasteiger partial charge in [-0.05, 0) is 12.1 Å². The molecule has 0 aromatic carbocycles. The van der Waals surface area contributed by atoms with Crippen LogP contribution in [0.15, 0.2) is 29.2 Å². The van der Waals surface area contributed by atoms with Gasteiger partial charge < -0.3 is 11.1 Å². The van der Waals surface area contributed by atoms with E-state index in [0.717, 1.165) is 24.3 Å². The third-order valence-corrected chi connectivity index (χ3v) is 2.62. The summed E-state index contributed by atoms with van der Waals surface area (Å²) in [6.07, 6.45) is 2.66. The van der Waals surface area contributed by atoms with E-state index in [1.165, 1.54) is 0 Å². The van der Waals surface area contributed by atoms with Crippen LogP contribution < -0.4 is 11.1 Å². The molecule has 0 saturated heterocycles. The molecule has 0 fully saturated rings. The van der Waals surface area contributed by atoms with Crippen molar-refractivity contribution in [3.05, 3.63) is 34.9 Å². The van der Waals surface area contributed by atoms with E-state index in [0.29, 0.717) is 5.82 Å². The highest BCUT2D eigenvalue weighted by atomic mass is 32.1. The van der Waals surface area contributed by atoms with Crippen molar-refractivity contribution in [3.8, 4) is 0 Å². The standard InChI is InChI=1S/C10H12N4S/c11-10-2-1-8(5-13-10)12-4-3-9-6-15-7-14-9/h1-2,5-7,12H,3-4H2,(H2,11,13). The summed E-state index contributed by atoms with van der Waals surface area (Å²) >= 11 is 1.62. The second-order valence-corrected chi connectivity index (χ2v) is 3.85. The first-order valence-corrected chi connectivity index (χ1v) is 5.61. The van der Waals surface area contributed by atoms with E-state index in [9.17, 15) is 0 Å². The number of rotatable bonds is 4. The second-order valence-electron chi connectivity index (χ2n) is 3.13. The fourth-order valence-corrected chi connectivity index (χ4v) is 1.80. The van der Waals surface area contributed by atoms with Gasteiger partial charge in [-0.1, -0.05) is 0 Å². The van der Waals surface area contributed by atoms with E-state index >= 15 is 0 Å². The molecule has 0 amide bonds. The van der Waals surface area contributed by atoms with E-state index in [4.69, 9.17) is 5.73 Å². The molecule has 0 aliphatic carbocycles. The molecule has 2 aromatic rings. The molecule has 0 aliphatic heterocycles. The van der Waals surface area contributed by atoms with Crippen molar-refractivity contribution in [3.63, 3.8) is 0 Å². The maximum atomic E-state index is 5.48. The van der Waals surface area contributed by atoms with Crippen LogP contribution in [0.2, 0.25) is 0 Å². The lowest BCUT2D eigenvalue weighted by Crippen LogP contribution is -2.05. The number of hydrogen-bond acceptors (Lipinski definition) is 5. The predicted octanol–water partition coefficient (Wildman–Crippen LogP) is 1.77.